The topological polar surface area (TPSA) is 38.9 Å². The van der Waals surface area contributed by atoms with Crippen LogP contribution in [-0.4, -0.2) is 4.98 Å². The molecule has 0 bridgehead atoms. The molecule has 4 heteroatoms. The Morgan fingerprint density at radius 1 is 1.14 bits per heavy atom. The fourth-order valence-electron chi connectivity index (χ4n) is 2.37. The van der Waals surface area contributed by atoms with E-state index in [1.165, 1.54) is 12.1 Å². The summed E-state index contributed by atoms with van der Waals surface area (Å²) in [5, 5.41) is 1.46. The third-order valence-electron chi connectivity index (χ3n) is 3.51. The molecule has 0 aliphatic heterocycles. The molecule has 0 amide bonds. The van der Waals surface area contributed by atoms with E-state index >= 15 is 0 Å². The van der Waals surface area contributed by atoms with E-state index in [0.29, 0.717) is 11.4 Å². The Morgan fingerprint density at radius 3 is 2.81 bits per heavy atom. The largest absolute Gasteiger partial charge is 0.324 e. The van der Waals surface area contributed by atoms with Gasteiger partial charge in [-0.15, -0.1) is 0 Å². The quantitative estimate of drug-likeness (QED) is 0.784. The van der Waals surface area contributed by atoms with Gasteiger partial charge in [0.1, 0.15) is 5.82 Å². The lowest BCUT2D eigenvalue weighted by molar-refractivity contribution is 0.625. The van der Waals surface area contributed by atoms with Gasteiger partial charge in [0.25, 0.3) is 0 Å². The molecular formula is C17H14ClFN2. The molecule has 106 valence electrons. The van der Waals surface area contributed by atoms with Crippen LogP contribution < -0.4 is 5.73 Å². The van der Waals surface area contributed by atoms with Crippen molar-refractivity contribution < 1.29 is 4.39 Å². The van der Waals surface area contributed by atoms with Crippen molar-refractivity contribution in [2.24, 2.45) is 5.73 Å². The molecule has 1 atom stereocenters. The van der Waals surface area contributed by atoms with Gasteiger partial charge >= 0.3 is 0 Å². The molecular weight excluding hydrogens is 287 g/mol. The Hall–Kier alpha value is -1.97. The molecule has 0 spiro atoms. The van der Waals surface area contributed by atoms with Crippen molar-refractivity contribution in [2.75, 3.05) is 0 Å². The van der Waals surface area contributed by atoms with Gasteiger partial charge in [-0.05, 0) is 47.9 Å². The number of pyridine rings is 1. The van der Waals surface area contributed by atoms with E-state index in [1.54, 1.807) is 12.3 Å². The van der Waals surface area contributed by atoms with Gasteiger partial charge in [0.05, 0.1) is 5.52 Å². The van der Waals surface area contributed by atoms with E-state index in [-0.39, 0.29) is 11.9 Å². The standard InChI is InChI=1S/C17H14ClFN2/c18-15-10-14(19)5-3-11(15)9-16(20)12-4-6-17-13(8-12)2-1-7-21-17/h1-8,10,16H,9,20H2. The van der Waals surface area contributed by atoms with E-state index in [9.17, 15) is 4.39 Å². The number of halogens is 2. The minimum Gasteiger partial charge on any atom is -0.324 e. The molecule has 0 saturated heterocycles. The monoisotopic (exact) mass is 300 g/mol. The highest BCUT2D eigenvalue weighted by Crippen LogP contribution is 2.24. The van der Waals surface area contributed by atoms with Crippen molar-refractivity contribution >= 4 is 22.5 Å². The number of fused-ring (bicyclic) bond motifs is 1. The highest BCUT2D eigenvalue weighted by molar-refractivity contribution is 6.31. The highest BCUT2D eigenvalue weighted by atomic mass is 35.5. The maximum Gasteiger partial charge on any atom is 0.124 e. The van der Waals surface area contributed by atoms with Crippen LogP contribution >= 0.6 is 11.6 Å². The molecule has 1 unspecified atom stereocenters. The molecule has 2 aromatic carbocycles. The van der Waals surface area contributed by atoms with Crippen molar-refractivity contribution in [3.05, 3.63) is 76.7 Å². The summed E-state index contributed by atoms with van der Waals surface area (Å²) in [6, 6.07) is 14.1. The van der Waals surface area contributed by atoms with Crippen molar-refractivity contribution in [3.8, 4) is 0 Å². The maximum absolute atomic E-state index is 13.1. The second kappa shape index (κ2) is 5.80. The third-order valence-corrected chi connectivity index (χ3v) is 3.86. The Kier molecular flexibility index (Phi) is 3.86. The molecule has 2 nitrogen and oxygen atoms in total. The van der Waals surface area contributed by atoms with Gasteiger partial charge in [0, 0.05) is 22.6 Å². The van der Waals surface area contributed by atoms with Crippen LogP contribution in [0.5, 0.6) is 0 Å². The van der Waals surface area contributed by atoms with E-state index in [2.05, 4.69) is 4.98 Å². The lowest BCUT2D eigenvalue weighted by atomic mass is 9.98. The van der Waals surface area contributed by atoms with Crippen molar-refractivity contribution in [1.29, 1.82) is 0 Å². The minimum absolute atomic E-state index is 0.197. The molecule has 3 aromatic rings. The molecule has 3 rings (SSSR count). The average Bonchev–Trinajstić information content (AvgIpc) is 2.49. The van der Waals surface area contributed by atoms with E-state index in [1.807, 2.05) is 30.3 Å². The number of rotatable bonds is 3. The Morgan fingerprint density at radius 2 is 2.00 bits per heavy atom. The number of hydrogen-bond donors (Lipinski definition) is 1. The summed E-state index contributed by atoms with van der Waals surface area (Å²) in [6.07, 6.45) is 2.32. The molecule has 0 aliphatic carbocycles. The molecule has 0 fully saturated rings. The molecule has 21 heavy (non-hydrogen) atoms. The Balaban J connectivity index is 1.87. The first kappa shape index (κ1) is 14.0. The van der Waals surface area contributed by atoms with Gasteiger partial charge in [-0.3, -0.25) is 4.98 Å². The molecule has 0 saturated carbocycles. The lowest BCUT2D eigenvalue weighted by Crippen LogP contribution is -2.13. The van der Waals surface area contributed by atoms with Crippen LogP contribution in [0.4, 0.5) is 4.39 Å². The second-order valence-corrected chi connectivity index (χ2v) is 5.41. The zero-order chi connectivity index (χ0) is 14.8. The first-order valence-corrected chi connectivity index (χ1v) is 7.05. The number of nitrogens with zero attached hydrogens (tertiary/aromatic N) is 1. The van der Waals surface area contributed by atoms with Gasteiger partial charge < -0.3 is 5.73 Å². The first-order valence-electron chi connectivity index (χ1n) is 6.67. The summed E-state index contributed by atoms with van der Waals surface area (Å²) >= 11 is 6.05. The van der Waals surface area contributed by atoms with Crippen molar-refractivity contribution in [3.63, 3.8) is 0 Å². The third kappa shape index (κ3) is 3.04. The van der Waals surface area contributed by atoms with Crippen LogP contribution in [0, 0.1) is 5.82 Å². The molecule has 0 aliphatic rings. The van der Waals surface area contributed by atoms with Gasteiger partial charge in [0.2, 0.25) is 0 Å². The zero-order valence-electron chi connectivity index (χ0n) is 11.3. The number of aromatic nitrogens is 1. The van der Waals surface area contributed by atoms with Gasteiger partial charge in [-0.1, -0.05) is 29.8 Å². The fraction of sp³-hybridized carbons (Fsp3) is 0.118. The van der Waals surface area contributed by atoms with Crippen molar-refractivity contribution in [1.82, 2.24) is 4.98 Å². The van der Waals surface area contributed by atoms with E-state index in [0.717, 1.165) is 22.0 Å². The van der Waals surface area contributed by atoms with Gasteiger partial charge in [0.15, 0.2) is 0 Å². The minimum atomic E-state index is -0.339. The van der Waals surface area contributed by atoms with E-state index in [4.69, 9.17) is 17.3 Å². The average molecular weight is 301 g/mol. The highest BCUT2D eigenvalue weighted by Gasteiger charge is 2.11. The fourth-order valence-corrected chi connectivity index (χ4v) is 2.61. The van der Waals surface area contributed by atoms with Crippen LogP contribution in [0.15, 0.2) is 54.7 Å². The van der Waals surface area contributed by atoms with E-state index < -0.39 is 0 Å². The lowest BCUT2D eigenvalue weighted by Gasteiger charge is -2.14. The summed E-state index contributed by atoms with van der Waals surface area (Å²) in [5.41, 5.74) is 9.04. The smallest absolute Gasteiger partial charge is 0.124 e. The van der Waals surface area contributed by atoms with Crippen LogP contribution in [0.25, 0.3) is 10.9 Å². The summed E-state index contributed by atoms with van der Waals surface area (Å²) in [5.74, 6) is -0.339. The van der Waals surface area contributed by atoms with Gasteiger partial charge in [-0.2, -0.15) is 0 Å². The Labute approximate surface area is 127 Å². The number of benzene rings is 2. The van der Waals surface area contributed by atoms with Crippen molar-refractivity contribution in [2.45, 2.75) is 12.5 Å². The molecule has 0 radical (unpaired) electrons. The Bertz CT molecular complexity index is 789. The molecule has 2 N–H and O–H groups in total. The summed E-state index contributed by atoms with van der Waals surface area (Å²) < 4.78 is 13.1. The number of hydrogen-bond acceptors (Lipinski definition) is 2. The summed E-state index contributed by atoms with van der Waals surface area (Å²) in [7, 11) is 0. The number of nitrogens with two attached hydrogens (primary N) is 1. The second-order valence-electron chi connectivity index (χ2n) is 5.00. The van der Waals surface area contributed by atoms with Gasteiger partial charge in [-0.25, -0.2) is 4.39 Å². The van der Waals surface area contributed by atoms with Crippen LogP contribution in [0.2, 0.25) is 5.02 Å². The molecule has 1 heterocycles. The predicted molar refractivity (Wildman–Crippen MR) is 83.8 cm³/mol. The van der Waals surface area contributed by atoms with Crippen LogP contribution in [0.1, 0.15) is 17.2 Å². The normalized spacial score (nSPS) is 12.5. The maximum atomic E-state index is 13.1. The SMILES string of the molecule is NC(Cc1ccc(F)cc1Cl)c1ccc2ncccc2c1. The summed E-state index contributed by atoms with van der Waals surface area (Å²) in [6.45, 7) is 0. The van der Waals surface area contributed by atoms with Crippen LogP contribution in [-0.2, 0) is 6.42 Å². The first-order chi connectivity index (χ1) is 10.1. The van der Waals surface area contributed by atoms with Crippen LogP contribution in [0.3, 0.4) is 0 Å². The molecule has 1 aromatic heterocycles. The summed E-state index contributed by atoms with van der Waals surface area (Å²) in [4.78, 5) is 4.29. The zero-order valence-corrected chi connectivity index (χ0v) is 12.0. The predicted octanol–water partition coefficient (Wildman–Crippen LogP) is 4.27.